The SMILES string of the molecule is Cl.NS(=O)(=O)c1cccc(NC(=O)C2COCCN2)c1. The summed E-state index contributed by atoms with van der Waals surface area (Å²) in [6, 6.07) is 5.35. The molecule has 112 valence electrons. The number of sulfonamides is 1. The molecule has 4 N–H and O–H groups in total. The maximum absolute atomic E-state index is 11.9. The van der Waals surface area contributed by atoms with E-state index in [4.69, 9.17) is 9.88 Å². The van der Waals surface area contributed by atoms with Crippen LogP contribution in [0.3, 0.4) is 0 Å². The molecule has 0 saturated carbocycles. The van der Waals surface area contributed by atoms with Crippen LogP contribution >= 0.6 is 12.4 Å². The zero-order valence-corrected chi connectivity index (χ0v) is 12.2. The molecule has 0 bridgehead atoms. The maximum Gasteiger partial charge on any atom is 0.243 e. The van der Waals surface area contributed by atoms with Crippen molar-refractivity contribution in [3.05, 3.63) is 24.3 Å². The first kappa shape index (κ1) is 16.9. The van der Waals surface area contributed by atoms with E-state index in [0.717, 1.165) is 0 Å². The molecule has 1 fully saturated rings. The van der Waals surface area contributed by atoms with Gasteiger partial charge in [0.2, 0.25) is 15.9 Å². The van der Waals surface area contributed by atoms with Gasteiger partial charge in [0.1, 0.15) is 6.04 Å². The summed E-state index contributed by atoms with van der Waals surface area (Å²) in [5, 5.41) is 10.7. The number of anilines is 1. The highest BCUT2D eigenvalue weighted by Crippen LogP contribution is 2.14. The number of rotatable bonds is 3. The van der Waals surface area contributed by atoms with E-state index in [9.17, 15) is 13.2 Å². The minimum absolute atomic E-state index is 0. The van der Waals surface area contributed by atoms with Crippen LogP contribution < -0.4 is 15.8 Å². The van der Waals surface area contributed by atoms with Crippen molar-refractivity contribution >= 4 is 34.0 Å². The van der Waals surface area contributed by atoms with Gasteiger partial charge in [0, 0.05) is 12.2 Å². The summed E-state index contributed by atoms with van der Waals surface area (Å²) >= 11 is 0. The van der Waals surface area contributed by atoms with Crippen molar-refractivity contribution in [2.45, 2.75) is 10.9 Å². The molecule has 7 nitrogen and oxygen atoms in total. The summed E-state index contributed by atoms with van der Waals surface area (Å²) in [4.78, 5) is 11.9. The van der Waals surface area contributed by atoms with Crippen molar-refractivity contribution in [2.24, 2.45) is 5.14 Å². The van der Waals surface area contributed by atoms with E-state index in [2.05, 4.69) is 10.6 Å². The van der Waals surface area contributed by atoms with E-state index < -0.39 is 16.1 Å². The average Bonchev–Trinajstić information content (AvgIpc) is 2.39. The molecule has 1 atom stereocenters. The average molecular weight is 322 g/mol. The third kappa shape index (κ3) is 4.43. The van der Waals surface area contributed by atoms with Crippen LogP contribution in [-0.4, -0.2) is 40.1 Å². The second-order valence-corrected chi connectivity index (χ2v) is 5.71. The summed E-state index contributed by atoms with van der Waals surface area (Å²) in [5.41, 5.74) is 0.379. The highest BCUT2D eigenvalue weighted by atomic mass is 35.5. The Balaban J connectivity index is 0.00000200. The number of nitrogens with one attached hydrogen (secondary N) is 2. The first-order valence-corrected chi connectivity index (χ1v) is 7.26. The molecular weight excluding hydrogens is 306 g/mol. The molecule has 2 rings (SSSR count). The van der Waals surface area contributed by atoms with E-state index in [1.807, 2.05) is 0 Å². The Labute approximate surface area is 123 Å². The lowest BCUT2D eigenvalue weighted by atomic mass is 10.2. The van der Waals surface area contributed by atoms with Crippen molar-refractivity contribution in [1.29, 1.82) is 0 Å². The molecule has 1 aliphatic heterocycles. The van der Waals surface area contributed by atoms with Crippen molar-refractivity contribution in [3.63, 3.8) is 0 Å². The second kappa shape index (κ2) is 7.00. The Morgan fingerprint density at radius 1 is 1.45 bits per heavy atom. The van der Waals surface area contributed by atoms with Gasteiger partial charge in [-0.15, -0.1) is 12.4 Å². The predicted octanol–water partition coefficient (Wildman–Crippen LogP) is -0.317. The van der Waals surface area contributed by atoms with E-state index >= 15 is 0 Å². The molecule has 1 saturated heterocycles. The van der Waals surface area contributed by atoms with Crippen LogP contribution in [0, 0.1) is 0 Å². The van der Waals surface area contributed by atoms with E-state index in [1.165, 1.54) is 18.2 Å². The number of carbonyl (C=O) groups is 1. The Morgan fingerprint density at radius 2 is 2.20 bits per heavy atom. The molecule has 0 spiro atoms. The molecule has 1 amide bonds. The standard InChI is InChI=1S/C11H15N3O4S.ClH/c12-19(16,17)9-3-1-2-8(6-9)14-11(15)10-7-18-5-4-13-10;/h1-3,6,10,13H,4-5,7H2,(H,14,15)(H2,12,16,17);1H. The summed E-state index contributed by atoms with van der Waals surface area (Å²) < 4.78 is 27.6. The number of hydrogen-bond donors (Lipinski definition) is 3. The van der Waals surface area contributed by atoms with E-state index in [1.54, 1.807) is 6.07 Å². The fourth-order valence-corrected chi connectivity index (χ4v) is 2.27. The Morgan fingerprint density at radius 3 is 2.80 bits per heavy atom. The molecule has 20 heavy (non-hydrogen) atoms. The molecule has 1 unspecified atom stereocenters. The highest BCUT2D eigenvalue weighted by Gasteiger charge is 2.21. The van der Waals surface area contributed by atoms with Gasteiger partial charge in [-0.3, -0.25) is 4.79 Å². The molecule has 0 aromatic heterocycles. The largest absolute Gasteiger partial charge is 0.378 e. The van der Waals surface area contributed by atoms with Crippen LogP contribution in [0.15, 0.2) is 29.2 Å². The van der Waals surface area contributed by atoms with Crippen molar-refractivity contribution in [2.75, 3.05) is 25.1 Å². The molecule has 0 radical (unpaired) electrons. The van der Waals surface area contributed by atoms with Crippen LogP contribution in [0.2, 0.25) is 0 Å². The lowest BCUT2D eigenvalue weighted by Crippen LogP contribution is -2.48. The molecule has 1 aliphatic rings. The van der Waals surface area contributed by atoms with Crippen molar-refractivity contribution in [1.82, 2.24) is 5.32 Å². The maximum atomic E-state index is 11.9. The van der Waals surface area contributed by atoms with Gasteiger partial charge in [-0.05, 0) is 18.2 Å². The summed E-state index contributed by atoms with van der Waals surface area (Å²) in [5.74, 6) is -0.272. The van der Waals surface area contributed by atoms with Gasteiger partial charge in [-0.25, -0.2) is 13.6 Å². The third-order valence-corrected chi connectivity index (χ3v) is 3.58. The van der Waals surface area contributed by atoms with Crippen LogP contribution in [0.5, 0.6) is 0 Å². The lowest BCUT2D eigenvalue weighted by molar-refractivity contribution is -0.120. The van der Waals surface area contributed by atoms with Crippen LogP contribution in [-0.2, 0) is 19.6 Å². The Hall–Kier alpha value is -1.19. The fourth-order valence-electron chi connectivity index (χ4n) is 1.71. The summed E-state index contributed by atoms with van der Waals surface area (Å²) in [7, 11) is -3.78. The minimum atomic E-state index is -3.78. The predicted molar refractivity (Wildman–Crippen MR) is 76.3 cm³/mol. The van der Waals surface area contributed by atoms with Gasteiger partial charge in [0.25, 0.3) is 0 Å². The lowest BCUT2D eigenvalue weighted by Gasteiger charge is -2.22. The van der Waals surface area contributed by atoms with Gasteiger partial charge >= 0.3 is 0 Å². The number of morpholine rings is 1. The first-order valence-electron chi connectivity index (χ1n) is 5.72. The van der Waals surface area contributed by atoms with Gasteiger partial charge in [-0.1, -0.05) is 6.07 Å². The number of benzene rings is 1. The fraction of sp³-hybridized carbons (Fsp3) is 0.364. The Kier molecular flexibility index (Phi) is 5.90. The number of hydrogen-bond acceptors (Lipinski definition) is 5. The van der Waals surface area contributed by atoms with Crippen LogP contribution in [0.25, 0.3) is 0 Å². The van der Waals surface area contributed by atoms with Gasteiger partial charge in [-0.2, -0.15) is 0 Å². The zero-order valence-electron chi connectivity index (χ0n) is 10.5. The number of primary sulfonamides is 1. The summed E-state index contributed by atoms with van der Waals surface area (Å²) in [6.07, 6.45) is 0. The number of carbonyl (C=O) groups excluding carboxylic acids is 1. The first-order chi connectivity index (χ1) is 8.97. The smallest absolute Gasteiger partial charge is 0.243 e. The van der Waals surface area contributed by atoms with E-state index in [0.29, 0.717) is 25.4 Å². The van der Waals surface area contributed by atoms with E-state index in [-0.39, 0.29) is 23.2 Å². The van der Waals surface area contributed by atoms with Crippen LogP contribution in [0.1, 0.15) is 0 Å². The molecular formula is C11H16ClN3O4S. The molecule has 1 heterocycles. The molecule has 1 aromatic carbocycles. The van der Waals surface area contributed by atoms with Crippen molar-refractivity contribution < 1.29 is 17.9 Å². The summed E-state index contributed by atoms with van der Waals surface area (Å²) in [6.45, 7) is 1.47. The zero-order chi connectivity index (χ0) is 13.9. The van der Waals surface area contributed by atoms with Gasteiger partial charge < -0.3 is 15.4 Å². The Bertz CT molecular complexity index is 573. The molecule has 0 aliphatic carbocycles. The van der Waals surface area contributed by atoms with Gasteiger partial charge in [0.05, 0.1) is 18.1 Å². The minimum Gasteiger partial charge on any atom is -0.378 e. The second-order valence-electron chi connectivity index (χ2n) is 4.14. The van der Waals surface area contributed by atoms with Crippen LogP contribution in [0.4, 0.5) is 5.69 Å². The number of nitrogens with two attached hydrogens (primary N) is 1. The van der Waals surface area contributed by atoms with Gasteiger partial charge in [0.15, 0.2) is 0 Å². The molecule has 9 heteroatoms. The number of ether oxygens (including phenoxy) is 1. The third-order valence-electron chi connectivity index (χ3n) is 2.67. The monoisotopic (exact) mass is 321 g/mol. The molecule has 1 aromatic rings. The van der Waals surface area contributed by atoms with Crippen molar-refractivity contribution in [3.8, 4) is 0 Å². The number of halogens is 1. The quantitative estimate of drug-likeness (QED) is 0.707. The topological polar surface area (TPSA) is 111 Å². The number of amides is 1. The highest BCUT2D eigenvalue weighted by molar-refractivity contribution is 7.89. The normalized spacial score (nSPS) is 18.9.